The molecule has 0 atom stereocenters. The van der Waals surface area contributed by atoms with Crippen molar-refractivity contribution in [3.63, 3.8) is 0 Å². The number of rotatable bonds is 8. The highest BCUT2D eigenvalue weighted by Gasteiger charge is 2.25. The zero-order valence-electron chi connectivity index (χ0n) is 21.1. The van der Waals surface area contributed by atoms with E-state index in [1.165, 1.54) is 11.5 Å². The van der Waals surface area contributed by atoms with E-state index in [9.17, 15) is 9.59 Å². The number of hydrogen-bond donors (Lipinski definition) is 2. The molecule has 3 aromatic rings. The van der Waals surface area contributed by atoms with E-state index in [0.717, 1.165) is 54.4 Å². The van der Waals surface area contributed by atoms with Gasteiger partial charge < -0.3 is 25.8 Å². The molecule has 0 bridgehead atoms. The average Bonchev–Trinajstić information content (AvgIpc) is 3.28. The molecule has 3 N–H and O–H groups in total. The molecule has 0 radical (unpaired) electrons. The molecule has 10 nitrogen and oxygen atoms in total. The number of nitrogens with one attached hydrogen (secondary N) is 1. The molecule has 1 aromatic carbocycles. The highest BCUT2D eigenvalue weighted by molar-refractivity contribution is 7.10. The van der Waals surface area contributed by atoms with E-state index in [0.29, 0.717) is 17.6 Å². The van der Waals surface area contributed by atoms with Gasteiger partial charge in [0.05, 0.1) is 11.9 Å². The first-order valence-corrected chi connectivity index (χ1v) is 12.6. The molecule has 1 fully saturated rings. The maximum Gasteiger partial charge on any atom is 0.271 e. The highest BCUT2D eigenvalue weighted by atomic mass is 32.1. The van der Waals surface area contributed by atoms with Crippen LogP contribution in [0.3, 0.4) is 0 Å². The van der Waals surface area contributed by atoms with Crippen LogP contribution in [0, 0.1) is 12.8 Å². The average molecular weight is 509 g/mol. The summed E-state index contributed by atoms with van der Waals surface area (Å²) in [4.78, 5) is 39.7. The number of likely N-dealkylation sites (tertiary alicyclic amines) is 1. The van der Waals surface area contributed by atoms with Gasteiger partial charge in [0.1, 0.15) is 10.8 Å². The largest absolute Gasteiger partial charge is 0.378 e. The van der Waals surface area contributed by atoms with Crippen molar-refractivity contribution in [3.8, 4) is 0 Å². The zero-order chi connectivity index (χ0) is 25.8. The maximum atomic E-state index is 12.9. The van der Waals surface area contributed by atoms with Gasteiger partial charge in [-0.05, 0) is 67.5 Å². The fourth-order valence-corrected chi connectivity index (χ4v) is 4.92. The van der Waals surface area contributed by atoms with Gasteiger partial charge >= 0.3 is 0 Å². The molecule has 1 saturated heterocycles. The van der Waals surface area contributed by atoms with Crippen LogP contribution in [0.4, 0.5) is 22.3 Å². The van der Waals surface area contributed by atoms with Gasteiger partial charge in [-0.1, -0.05) is 0 Å². The number of primary amides is 1. The minimum Gasteiger partial charge on any atom is -0.378 e. The summed E-state index contributed by atoms with van der Waals surface area (Å²) in [5.74, 6) is 0.802. The minimum absolute atomic E-state index is 0.0778. The van der Waals surface area contributed by atoms with E-state index in [2.05, 4.69) is 19.7 Å². The third kappa shape index (κ3) is 5.91. The number of amides is 2. The van der Waals surface area contributed by atoms with Gasteiger partial charge in [-0.25, -0.2) is 9.97 Å². The number of benzene rings is 1. The molecule has 0 saturated carbocycles. The molecule has 2 aromatic heterocycles. The van der Waals surface area contributed by atoms with E-state index in [-0.39, 0.29) is 11.6 Å². The summed E-state index contributed by atoms with van der Waals surface area (Å²) in [6.45, 7) is 4.10. The molecule has 0 unspecified atom stereocenters. The van der Waals surface area contributed by atoms with E-state index >= 15 is 0 Å². The van der Waals surface area contributed by atoms with E-state index < -0.39 is 5.91 Å². The topological polar surface area (TPSA) is 121 Å². The number of hydrogen-bond acceptors (Lipinski definition) is 9. The molecule has 4 rings (SSSR count). The number of carbonyl (C=O) groups excluding carboxylic acids is 2. The van der Waals surface area contributed by atoms with Crippen LogP contribution in [0.1, 0.15) is 39.4 Å². The molecule has 0 aliphatic carbocycles. The molecular weight excluding hydrogens is 476 g/mol. The smallest absolute Gasteiger partial charge is 0.271 e. The van der Waals surface area contributed by atoms with Gasteiger partial charge in [-0.3, -0.25) is 9.59 Å². The molecule has 190 valence electrons. The fourth-order valence-electron chi connectivity index (χ4n) is 4.25. The Morgan fingerprint density at radius 1 is 1.17 bits per heavy atom. The highest BCUT2D eigenvalue weighted by Crippen LogP contribution is 2.26. The molecule has 2 amide bonds. The lowest BCUT2D eigenvalue weighted by molar-refractivity contribution is 0.0693. The molecule has 1 aliphatic rings. The van der Waals surface area contributed by atoms with Crippen LogP contribution in [-0.4, -0.2) is 71.8 Å². The van der Waals surface area contributed by atoms with Crippen LogP contribution in [0.2, 0.25) is 0 Å². The first-order chi connectivity index (χ1) is 17.2. The van der Waals surface area contributed by atoms with Crippen molar-refractivity contribution in [2.24, 2.45) is 11.7 Å². The third-order valence-corrected chi connectivity index (χ3v) is 7.11. The van der Waals surface area contributed by atoms with Gasteiger partial charge in [-0.15, -0.1) is 0 Å². The Bertz CT molecular complexity index is 1220. The van der Waals surface area contributed by atoms with Gasteiger partial charge in [0.25, 0.3) is 11.8 Å². The number of anilines is 4. The molecule has 0 spiro atoms. The number of carbonyl (C=O) groups is 2. The van der Waals surface area contributed by atoms with Crippen molar-refractivity contribution < 1.29 is 9.59 Å². The van der Waals surface area contributed by atoms with Gasteiger partial charge in [0.15, 0.2) is 11.5 Å². The van der Waals surface area contributed by atoms with Crippen LogP contribution in [-0.2, 0) is 0 Å². The SMILES string of the molecule is Cc1cc(Nc2nc(N(C)CC3CCN(C(=O)c4ccc(N(C)C)cc4)CC3)cnc2C(N)=O)sn1. The summed E-state index contributed by atoms with van der Waals surface area (Å²) < 4.78 is 4.25. The predicted molar refractivity (Wildman–Crippen MR) is 143 cm³/mol. The second-order valence-corrected chi connectivity index (χ2v) is 10.1. The Morgan fingerprint density at radius 3 is 2.44 bits per heavy atom. The Balaban J connectivity index is 1.36. The lowest BCUT2D eigenvalue weighted by Gasteiger charge is -2.34. The normalized spacial score (nSPS) is 13.9. The van der Waals surface area contributed by atoms with Crippen molar-refractivity contribution in [1.29, 1.82) is 0 Å². The first-order valence-electron chi connectivity index (χ1n) is 11.9. The summed E-state index contributed by atoms with van der Waals surface area (Å²) in [5.41, 5.74) is 8.26. The second kappa shape index (κ2) is 10.9. The summed E-state index contributed by atoms with van der Waals surface area (Å²) in [7, 11) is 5.92. The molecule has 11 heteroatoms. The lowest BCUT2D eigenvalue weighted by Crippen LogP contribution is -2.41. The number of aryl methyl sites for hydroxylation is 1. The quantitative estimate of drug-likeness (QED) is 0.476. The summed E-state index contributed by atoms with van der Waals surface area (Å²) >= 11 is 1.28. The van der Waals surface area contributed by atoms with E-state index in [4.69, 9.17) is 5.73 Å². The van der Waals surface area contributed by atoms with Crippen LogP contribution in [0.25, 0.3) is 0 Å². The minimum atomic E-state index is -0.645. The van der Waals surface area contributed by atoms with Gasteiger partial charge in [0.2, 0.25) is 0 Å². The molecule has 36 heavy (non-hydrogen) atoms. The van der Waals surface area contributed by atoms with Gasteiger partial charge in [-0.2, -0.15) is 4.37 Å². The summed E-state index contributed by atoms with van der Waals surface area (Å²) in [6.07, 6.45) is 3.38. The monoisotopic (exact) mass is 508 g/mol. The van der Waals surface area contributed by atoms with E-state index in [1.807, 2.05) is 73.1 Å². The molecule has 3 heterocycles. The van der Waals surface area contributed by atoms with Crippen molar-refractivity contribution in [1.82, 2.24) is 19.2 Å². The van der Waals surface area contributed by atoms with Crippen LogP contribution in [0.15, 0.2) is 36.5 Å². The standard InChI is InChI=1S/C25H32N8O2S/c1-16-13-21(36-30-16)29-24-22(23(26)34)27-14-20(28-24)32(4)15-17-9-11-33(12-10-17)25(35)18-5-7-19(8-6-18)31(2)3/h5-8,13-14,17H,9-12,15H2,1-4H3,(H2,26,34)(H,28,29). The number of nitrogens with zero attached hydrogens (tertiary/aromatic N) is 6. The van der Waals surface area contributed by atoms with Crippen molar-refractivity contribution in [2.45, 2.75) is 19.8 Å². The van der Waals surface area contributed by atoms with Gasteiger partial charge in [0, 0.05) is 52.0 Å². The number of aromatic nitrogens is 3. The maximum absolute atomic E-state index is 12.9. The van der Waals surface area contributed by atoms with Crippen LogP contribution >= 0.6 is 11.5 Å². The second-order valence-electron chi connectivity index (χ2n) is 9.30. The molecule has 1 aliphatic heterocycles. The Kier molecular flexibility index (Phi) is 7.68. The Morgan fingerprint density at radius 2 is 1.86 bits per heavy atom. The number of nitrogens with two attached hydrogens (primary N) is 1. The Hall–Kier alpha value is -3.73. The third-order valence-electron chi connectivity index (χ3n) is 6.32. The van der Waals surface area contributed by atoms with Crippen molar-refractivity contribution in [3.05, 3.63) is 53.5 Å². The van der Waals surface area contributed by atoms with Crippen LogP contribution < -0.4 is 20.9 Å². The number of piperidine rings is 1. The van der Waals surface area contributed by atoms with Crippen molar-refractivity contribution >= 4 is 45.7 Å². The summed E-state index contributed by atoms with van der Waals surface area (Å²) in [6, 6.07) is 9.60. The van der Waals surface area contributed by atoms with E-state index in [1.54, 1.807) is 6.20 Å². The zero-order valence-corrected chi connectivity index (χ0v) is 21.9. The lowest BCUT2D eigenvalue weighted by atomic mass is 9.95. The first kappa shape index (κ1) is 25.4. The molecular formula is C25H32N8O2S. The fraction of sp³-hybridized carbons (Fsp3) is 0.400. The van der Waals surface area contributed by atoms with Crippen molar-refractivity contribution in [2.75, 3.05) is 55.9 Å². The Labute approximate surface area is 215 Å². The predicted octanol–water partition coefficient (Wildman–Crippen LogP) is 3.14. The summed E-state index contributed by atoms with van der Waals surface area (Å²) in [5, 5.41) is 3.89. The van der Waals surface area contributed by atoms with Crippen LogP contribution in [0.5, 0.6) is 0 Å².